The van der Waals surface area contributed by atoms with Crippen molar-refractivity contribution in [3.8, 4) is 0 Å². The van der Waals surface area contributed by atoms with Gasteiger partial charge >= 0.3 is 19.8 Å². The summed E-state index contributed by atoms with van der Waals surface area (Å²) in [6, 6.07) is 0. The smallest absolute Gasteiger partial charge is 0.462 e. The van der Waals surface area contributed by atoms with Crippen LogP contribution in [0.15, 0.2) is 48.6 Å². The highest BCUT2D eigenvalue weighted by molar-refractivity contribution is 7.47. The molecule has 62 heavy (non-hydrogen) atoms. The van der Waals surface area contributed by atoms with Crippen LogP contribution in [0.4, 0.5) is 0 Å². The Morgan fingerprint density at radius 2 is 0.935 bits per heavy atom. The van der Waals surface area contributed by atoms with E-state index < -0.39 is 51.8 Å². The van der Waals surface area contributed by atoms with Crippen molar-refractivity contribution < 1.29 is 52.9 Å². The molecule has 362 valence electrons. The Morgan fingerprint density at radius 3 is 1.42 bits per heavy atom. The van der Waals surface area contributed by atoms with Crippen molar-refractivity contribution in [1.29, 1.82) is 0 Å². The quantitative estimate of drug-likeness (QED) is 0.0198. The number of phosphoric ester groups is 1. The van der Waals surface area contributed by atoms with E-state index >= 15 is 0 Å². The summed E-state index contributed by atoms with van der Waals surface area (Å²) in [4.78, 5) is 35.1. The number of carbonyl (C=O) groups excluding carboxylic acids is 2. The molecule has 12 heteroatoms. The lowest BCUT2D eigenvalue weighted by molar-refractivity contribution is -0.161. The molecule has 0 amide bonds. The Labute approximate surface area is 377 Å². The predicted octanol–water partition coefficient (Wildman–Crippen LogP) is 12.5. The van der Waals surface area contributed by atoms with Gasteiger partial charge in [-0.05, 0) is 63.7 Å². The molecule has 11 nitrogen and oxygen atoms in total. The highest BCUT2D eigenvalue weighted by Crippen LogP contribution is 2.43. The van der Waals surface area contributed by atoms with Gasteiger partial charge in [0.15, 0.2) is 6.10 Å². The van der Waals surface area contributed by atoms with Gasteiger partial charge in [-0.1, -0.05) is 184 Å². The Morgan fingerprint density at radius 1 is 0.516 bits per heavy atom. The van der Waals surface area contributed by atoms with E-state index in [9.17, 15) is 24.2 Å². The molecule has 0 rings (SSSR count). The first kappa shape index (κ1) is 59.9. The maximum atomic E-state index is 12.7. The average Bonchev–Trinajstić information content (AvgIpc) is 3.25. The Bertz CT molecular complexity index is 1190. The molecule has 0 aliphatic rings. The second kappa shape index (κ2) is 45.5. The van der Waals surface area contributed by atoms with Crippen LogP contribution in [0.3, 0.4) is 0 Å². The number of phosphoric acid groups is 1. The summed E-state index contributed by atoms with van der Waals surface area (Å²) in [5.74, 6) is -0.161. The number of ether oxygens (including phenoxy) is 2. The monoisotopic (exact) mass is 899 g/mol. The third-order valence-electron chi connectivity index (χ3n) is 10.5. The molecule has 0 fully saturated rings. The summed E-state index contributed by atoms with van der Waals surface area (Å²) in [5.41, 5.74) is 0. The van der Waals surface area contributed by atoms with Gasteiger partial charge in [0, 0.05) is 19.4 Å². The van der Waals surface area contributed by atoms with Gasteiger partial charge in [-0.2, -0.15) is 0 Å². The fraction of sp³-hybridized carbons (Fsp3) is 0.800. The first-order valence-corrected chi connectivity index (χ1v) is 26.1. The van der Waals surface area contributed by atoms with Crippen LogP contribution in [0, 0.1) is 5.92 Å². The van der Waals surface area contributed by atoms with Gasteiger partial charge in [0.05, 0.1) is 19.8 Å². The minimum atomic E-state index is -4.64. The molecule has 0 aliphatic carbocycles. The molecule has 0 aromatic heterocycles. The van der Waals surface area contributed by atoms with Gasteiger partial charge in [0.1, 0.15) is 12.7 Å². The number of allylic oxidation sites excluding steroid dienone is 8. The van der Waals surface area contributed by atoms with Gasteiger partial charge < -0.3 is 29.7 Å². The standard InChI is InChI=1S/C50H91O11P/c1-46(2)38-34-30-26-22-18-14-10-6-3-4-7-12-16-20-24-28-32-36-40-50(55)61-48(45-60-62(56,57)59-43-47(53)42-52)44-58-49(54)39-35-31-27-23-19-15-11-8-5-9-13-17-21-25-29-33-37-41-51/h5,9,11,15,17,21,23,27,46-48,51-53H,3-4,6-8,10,12-14,16,18-20,22,24-26,28-45H2,1-2H3,(H,56,57)/b9-5-,15-11-,21-17-,27-23-/t47-,48+/m0/s1. The number of esters is 2. The molecule has 0 radical (unpaired) electrons. The predicted molar refractivity (Wildman–Crippen MR) is 253 cm³/mol. The van der Waals surface area contributed by atoms with E-state index in [1.54, 1.807) is 0 Å². The SMILES string of the molecule is CC(C)CCCCCCCCCCCCCCCCCCCCC(=O)O[C@H](COC(=O)CCC/C=C\C/C=C\C/C=C\C/C=C\CCCCCO)COP(=O)(O)OC[C@@H](O)CO. The van der Waals surface area contributed by atoms with Gasteiger partial charge in [-0.3, -0.25) is 18.6 Å². The molecular formula is C50H91O11P. The number of aliphatic hydroxyl groups is 3. The highest BCUT2D eigenvalue weighted by Gasteiger charge is 2.27. The van der Waals surface area contributed by atoms with Crippen molar-refractivity contribution in [3.63, 3.8) is 0 Å². The van der Waals surface area contributed by atoms with Crippen molar-refractivity contribution >= 4 is 19.8 Å². The van der Waals surface area contributed by atoms with Crippen molar-refractivity contribution in [2.75, 3.05) is 33.0 Å². The molecule has 0 aromatic rings. The van der Waals surface area contributed by atoms with Crippen LogP contribution < -0.4 is 0 Å². The number of hydrogen-bond acceptors (Lipinski definition) is 10. The maximum absolute atomic E-state index is 12.7. The molecule has 0 heterocycles. The van der Waals surface area contributed by atoms with Crippen LogP contribution in [0.1, 0.15) is 206 Å². The van der Waals surface area contributed by atoms with Crippen LogP contribution in [0.25, 0.3) is 0 Å². The van der Waals surface area contributed by atoms with E-state index in [1.807, 2.05) is 6.08 Å². The van der Waals surface area contributed by atoms with Gasteiger partial charge in [0.25, 0.3) is 0 Å². The van der Waals surface area contributed by atoms with E-state index in [0.29, 0.717) is 19.3 Å². The molecule has 1 unspecified atom stereocenters. The fourth-order valence-corrected chi connectivity index (χ4v) is 7.47. The summed E-state index contributed by atoms with van der Waals surface area (Å²) >= 11 is 0. The summed E-state index contributed by atoms with van der Waals surface area (Å²) in [6.07, 6.45) is 46.7. The molecule has 4 N–H and O–H groups in total. The summed E-state index contributed by atoms with van der Waals surface area (Å²) in [5, 5.41) is 27.2. The third-order valence-corrected chi connectivity index (χ3v) is 11.4. The number of carbonyl (C=O) groups is 2. The number of aliphatic hydroxyl groups excluding tert-OH is 3. The van der Waals surface area contributed by atoms with Crippen molar-refractivity contribution in [2.45, 2.75) is 219 Å². The zero-order valence-corrected chi connectivity index (χ0v) is 40.1. The van der Waals surface area contributed by atoms with E-state index in [0.717, 1.165) is 70.1 Å². The molecule has 3 atom stereocenters. The highest BCUT2D eigenvalue weighted by atomic mass is 31.2. The largest absolute Gasteiger partial charge is 0.472 e. The van der Waals surface area contributed by atoms with Crippen LogP contribution in [-0.2, 0) is 32.7 Å². The third kappa shape index (κ3) is 45.9. The van der Waals surface area contributed by atoms with Gasteiger partial charge in [-0.25, -0.2) is 4.57 Å². The first-order valence-electron chi connectivity index (χ1n) is 24.6. The molecule has 0 aromatic carbocycles. The maximum Gasteiger partial charge on any atom is 0.472 e. The van der Waals surface area contributed by atoms with Gasteiger partial charge in [-0.15, -0.1) is 0 Å². The van der Waals surface area contributed by atoms with Gasteiger partial charge in [0.2, 0.25) is 0 Å². The van der Waals surface area contributed by atoms with E-state index in [2.05, 4.69) is 56.4 Å². The van der Waals surface area contributed by atoms with Crippen LogP contribution in [0.2, 0.25) is 0 Å². The zero-order chi connectivity index (χ0) is 45.6. The van der Waals surface area contributed by atoms with Crippen LogP contribution >= 0.6 is 7.82 Å². The molecular weight excluding hydrogens is 808 g/mol. The van der Waals surface area contributed by atoms with Crippen molar-refractivity contribution in [2.24, 2.45) is 5.92 Å². The molecule has 0 saturated heterocycles. The minimum Gasteiger partial charge on any atom is -0.462 e. The number of rotatable bonds is 46. The van der Waals surface area contributed by atoms with E-state index in [-0.39, 0.29) is 26.1 Å². The van der Waals surface area contributed by atoms with E-state index in [1.165, 1.54) is 96.3 Å². The second-order valence-corrected chi connectivity index (χ2v) is 18.5. The Hall–Kier alpha value is -2.11. The normalized spacial score (nSPS) is 14.2. The van der Waals surface area contributed by atoms with Crippen molar-refractivity contribution in [1.82, 2.24) is 0 Å². The van der Waals surface area contributed by atoms with E-state index in [4.69, 9.17) is 28.7 Å². The fourth-order valence-electron chi connectivity index (χ4n) is 6.68. The Balaban J connectivity index is 4.26. The lowest BCUT2D eigenvalue weighted by Gasteiger charge is -2.20. The zero-order valence-electron chi connectivity index (χ0n) is 39.2. The second-order valence-electron chi connectivity index (χ2n) is 17.0. The summed E-state index contributed by atoms with van der Waals surface area (Å²) in [7, 11) is -4.64. The number of hydrogen-bond donors (Lipinski definition) is 4. The van der Waals surface area contributed by atoms with Crippen LogP contribution in [0.5, 0.6) is 0 Å². The molecule has 0 saturated carbocycles. The topological polar surface area (TPSA) is 169 Å². The lowest BCUT2D eigenvalue weighted by atomic mass is 10.0. The average molecular weight is 899 g/mol. The Kier molecular flexibility index (Phi) is 43.9. The summed E-state index contributed by atoms with van der Waals surface area (Å²) in [6.45, 7) is 2.70. The lowest BCUT2D eigenvalue weighted by Crippen LogP contribution is -2.29. The van der Waals surface area contributed by atoms with Crippen molar-refractivity contribution in [3.05, 3.63) is 48.6 Å². The molecule has 0 bridgehead atoms. The minimum absolute atomic E-state index is 0.156. The molecule has 0 spiro atoms. The summed E-state index contributed by atoms with van der Waals surface area (Å²) < 4.78 is 32.8. The number of unbranched alkanes of at least 4 members (excludes halogenated alkanes) is 21. The van der Waals surface area contributed by atoms with Crippen LogP contribution in [-0.4, -0.2) is 77.4 Å². The molecule has 0 aliphatic heterocycles. The first-order chi connectivity index (χ1) is 30.1.